The van der Waals surface area contributed by atoms with Crippen LogP contribution in [0.15, 0.2) is 36.4 Å². The molecule has 0 bridgehead atoms. The Morgan fingerprint density at radius 1 is 0.745 bits per heavy atom. The highest BCUT2D eigenvalue weighted by Crippen LogP contribution is 2.39. The molecule has 0 aliphatic heterocycles. The summed E-state index contributed by atoms with van der Waals surface area (Å²) < 4.78 is 6.11. The molecule has 3 N–H and O–H groups in total. The zero-order chi connectivity index (χ0) is 34.0. The Labute approximate surface area is 286 Å². The van der Waals surface area contributed by atoms with E-state index in [1.807, 2.05) is 30.3 Å². The number of ketones is 1. The first kappa shape index (κ1) is 38.6. The monoisotopic (exact) mass is 647 g/mol. The highest BCUT2D eigenvalue weighted by molar-refractivity contribution is 6.12. The van der Waals surface area contributed by atoms with Crippen molar-refractivity contribution in [1.82, 2.24) is 14.8 Å². The number of nitrogen functional groups attached to an aromatic ring is 1. The van der Waals surface area contributed by atoms with Crippen LogP contribution in [0.25, 0.3) is 10.9 Å². The maximum Gasteiger partial charge on any atom is 0.209 e. The number of nitrogens with two attached hydrogens (primary N) is 1. The number of unbranched alkanes of at least 4 members (excludes halogenated alkanes) is 5. The Kier molecular flexibility index (Phi) is 17.4. The normalized spacial score (nSPS) is 12.4. The van der Waals surface area contributed by atoms with Crippen LogP contribution in [0.5, 0.6) is 5.75 Å². The fourth-order valence-corrected chi connectivity index (χ4v) is 6.77. The van der Waals surface area contributed by atoms with Crippen LogP contribution in [0, 0.1) is 0 Å². The van der Waals surface area contributed by atoms with Crippen molar-refractivity contribution in [2.75, 3.05) is 45.1 Å². The van der Waals surface area contributed by atoms with Crippen molar-refractivity contribution in [2.45, 2.75) is 131 Å². The van der Waals surface area contributed by atoms with Crippen LogP contribution in [0.4, 0.5) is 5.69 Å². The molecule has 0 spiro atoms. The molecule has 6 nitrogen and oxygen atoms in total. The third kappa shape index (κ3) is 11.1. The second-order valence-electron chi connectivity index (χ2n) is 13.3. The minimum Gasteiger partial charge on any atom is -0.494 e. The molecule has 262 valence electrons. The van der Waals surface area contributed by atoms with Crippen molar-refractivity contribution in [3.63, 3.8) is 0 Å². The number of anilines is 1. The van der Waals surface area contributed by atoms with Crippen LogP contribution in [0.3, 0.4) is 0 Å². The van der Waals surface area contributed by atoms with Gasteiger partial charge < -0.3 is 20.4 Å². The number of aromatic nitrogens is 1. The highest BCUT2D eigenvalue weighted by atomic mass is 16.5. The maximum absolute atomic E-state index is 14.2. The quantitative estimate of drug-likeness (QED) is 0.0544. The summed E-state index contributed by atoms with van der Waals surface area (Å²) in [5.41, 5.74) is 12.4. The zero-order valence-corrected chi connectivity index (χ0v) is 30.8. The van der Waals surface area contributed by atoms with E-state index in [1.165, 1.54) is 75.4 Å². The van der Waals surface area contributed by atoms with Gasteiger partial charge >= 0.3 is 0 Å². The van der Waals surface area contributed by atoms with Gasteiger partial charge in [-0.1, -0.05) is 73.6 Å². The molecule has 6 heteroatoms. The van der Waals surface area contributed by atoms with Crippen LogP contribution in [-0.4, -0.2) is 59.9 Å². The molecule has 3 rings (SSSR count). The number of carbonyl (C=O) groups is 1. The van der Waals surface area contributed by atoms with E-state index in [0.717, 1.165) is 74.3 Å². The summed E-state index contributed by atoms with van der Waals surface area (Å²) in [5.74, 6) is 0.853. The van der Waals surface area contributed by atoms with Gasteiger partial charge in [0, 0.05) is 40.3 Å². The first-order chi connectivity index (χ1) is 22.9. The van der Waals surface area contributed by atoms with Crippen LogP contribution in [0.1, 0.15) is 152 Å². The van der Waals surface area contributed by atoms with E-state index in [9.17, 15) is 4.79 Å². The van der Waals surface area contributed by atoms with Gasteiger partial charge in [-0.2, -0.15) is 0 Å². The number of aryl methyl sites for hydroxylation is 1. The van der Waals surface area contributed by atoms with E-state index in [0.29, 0.717) is 17.9 Å². The summed E-state index contributed by atoms with van der Waals surface area (Å²) >= 11 is 0. The van der Waals surface area contributed by atoms with Crippen LogP contribution < -0.4 is 10.5 Å². The molecule has 0 aliphatic carbocycles. The number of ether oxygens (including phenoxy) is 1. The number of fused-ring (bicyclic) bond motifs is 1. The number of benzene rings is 2. The predicted molar refractivity (Wildman–Crippen MR) is 202 cm³/mol. The molecule has 1 aromatic heterocycles. The summed E-state index contributed by atoms with van der Waals surface area (Å²) in [7, 11) is 0. The lowest BCUT2D eigenvalue weighted by Crippen LogP contribution is -2.31. The van der Waals surface area contributed by atoms with Crippen molar-refractivity contribution in [2.24, 2.45) is 0 Å². The van der Waals surface area contributed by atoms with Crippen LogP contribution in [-0.2, 0) is 6.42 Å². The number of hydrogen-bond donors (Lipinski definition) is 2. The third-order valence-corrected chi connectivity index (χ3v) is 9.57. The van der Waals surface area contributed by atoms with Gasteiger partial charge in [-0.15, -0.1) is 0 Å². The molecule has 0 radical (unpaired) electrons. The number of nitrogens with one attached hydrogen (secondary N) is 1. The highest BCUT2D eigenvalue weighted by Gasteiger charge is 2.27. The number of nitrogens with zero attached hydrogens (tertiary/aromatic N) is 2. The van der Waals surface area contributed by atoms with Gasteiger partial charge in [-0.25, -0.2) is 0 Å². The zero-order valence-electron chi connectivity index (χ0n) is 30.8. The van der Waals surface area contributed by atoms with Crippen LogP contribution in [0.2, 0.25) is 0 Å². The van der Waals surface area contributed by atoms with E-state index < -0.39 is 0 Å². The van der Waals surface area contributed by atoms with Crippen molar-refractivity contribution in [3.05, 3.63) is 58.8 Å². The van der Waals surface area contributed by atoms with Gasteiger partial charge in [0.25, 0.3) is 0 Å². The summed E-state index contributed by atoms with van der Waals surface area (Å²) in [4.78, 5) is 22.9. The molecule has 1 atom stereocenters. The first-order valence-corrected chi connectivity index (χ1v) is 19.1. The van der Waals surface area contributed by atoms with E-state index in [2.05, 4.69) is 62.4 Å². The van der Waals surface area contributed by atoms with Crippen molar-refractivity contribution < 1.29 is 9.53 Å². The molecule has 47 heavy (non-hydrogen) atoms. The molecular weight excluding hydrogens is 580 g/mol. The summed E-state index contributed by atoms with van der Waals surface area (Å²) in [6.07, 6.45) is 14.6. The van der Waals surface area contributed by atoms with Gasteiger partial charge in [0.05, 0.1) is 12.3 Å². The molecule has 0 aliphatic rings. The Hall–Kier alpha value is -2.83. The van der Waals surface area contributed by atoms with Gasteiger partial charge in [0.2, 0.25) is 5.78 Å². The summed E-state index contributed by atoms with van der Waals surface area (Å²) in [6, 6.07) is 12.1. The lowest BCUT2D eigenvalue weighted by atomic mass is 9.91. The molecule has 0 amide bonds. The molecule has 3 aromatic rings. The Morgan fingerprint density at radius 2 is 1.32 bits per heavy atom. The van der Waals surface area contributed by atoms with E-state index in [4.69, 9.17) is 10.5 Å². The Bertz CT molecular complexity index is 1300. The molecule has 0 saturated carbocycles. The van der Waals surface area contributed by atoms with Gasteiger partial charge in [-0.3, -0.25) is 9.69 Å². The number of rotatable bonds is 25. The largest absolute Gasteiger partial charge is 0.494 e. The van der Waals surface area contributed by atoms with Gasteiger partial charge in [-0.05, 0) is 120 Å². The topological polar surface area (TPSA) is 74.6 Å². The fraction of sp³-hybridized carbons (Fsp3) is 0.634. The van der Waals surface area contributed by atoms with Crippen molar-refractivity contribution in [3.8, 4) is 5.75 Å². The molecule has 1 unspecified atom stereocenters. The molecule has 1 heterocycles. The first-order valence-electron chi connectivity index (χ1n) is 19.1. The average molecular weight is 647 g/mol. The lowest BCUT2D eigenvalue weighted by molar-refractivity contribution is 0.103. The minimum absolute atomic E-state index is 0.0349. The second-order valence-corrected chi connectivity index (χ2v) is 13.3. The van der Waals surface area contributed by atoms with Gasteiger partial charge in [0.15, 0.2) is 0 Å². The number of aromatic amines is 1. The number of H-pyrrole nitrogens is 1. The Morgan fingerprint density at radius 3 is 1.89 bits per heavy atom. The second kappa shape index (κ2) is 21.2. The van der Waals surface area contributed by atoms with Crippen LogP contribution >= 0.6 is 0 Å². The smallest absolute Gasteiger partial charge is 0.209 e. The van der Waals surface area contributed by atoms with E-state index >= 15 is 0 Å². The number of carbonyl (C=O) groups excluding carboxylic acids is 1. The molecule has 2 aromatic carbocycles. The molecular formula is C41H66N4O2. The van der Waals surface area contributed by atoms with Crippen molar-refractivity contribution in [1.29, 1.82) is 0 Å². The Balaban J connectivity index is 1.86. The maximum atomic E-state index is 14.2. The third-order valence-electron chi connectivity index (χ3n) is 9.57. The molecule has 0 fully saturated rings. The summed E-state index contributed by atoms with van der Waals surface area (Å²) in [5, 5.41) is 1.17. The lowest BCUT2D eigenvalue weighted by Gasteiger charge is -2.33. The van der Waals surface area contributed by atoms with Crippen molar-refractivity contribution >= 4 is 22.4 Å². The summed E-state index contributed by atoms with van der Waals surface area (Å²) in [6.45, 7) is 19.7. The number of hydrogen-bond acceptors (Lipinski definition) is 5. The fourth-order valence-electron chi connectivity index (χ4n) is 6.77. The average Bonchev–Trinajstić information content (AvgIpc) is 3.46. The molecule has 0 saturated heterocycles. The van der Waals surface area contributed by atoms with E-state index in [1.54, 1.807) is 0 Å². The minimum atomic E-state index is 0.0349. The van der Waals surface area contributed by atoms with Gasteiger partial charge in [0.1, 0.15) is 5.75 Å². The van der Waals surface area contributed by atoms with E-state index in [-0.39, 0.29) is 11.8 Å². The SMILES string of the molecule is CCCCc1c(C(=O)c2ccc(OCCCN(CCCC)CCCC)cc2)[nH]c2ccc(N)c(C(CC)N(CCCC)CCCC)c12. The predicted octanol–water partition coefficient (Wildman–Crippen LogP) is 10.3. The standard InChI is InChI=1S/C41H66N4O2/c1-7-13-19-34-38-36(25-24-35(42)39(38)37(12-6)45(29-16-10-4)30-17-11-5)43-40(34)41(46)32-20-22-33(23-21-32)47-31-18-28-44(26-14-8-2)27-15-9-3/h20-25,37,43H,7-19,26-31,42H2,1-6H3.